The van der Waals surface area contributed by atoms with Crippen molar-refractivity contribution in [2.45, 2.75) is 32.6 Å². The zero-order valence-corrected chi connectivity index (χ0v) is 10.9. The van der Waals surface area contributed by atoms with Gasteiger partial charge in [0.2, 0.25) is 5.13 Å². The highest BCUT2D eigenvalue weighted by Crippen LogP contribution is 2.21. The zero-order chi connectivity index (χ0) is 13.1. The first kappa shape index (κ1) is 12.6. The molecule has 0 fully saturated rings. The molecule has 2 heterocycles. The van der Waals surface area contributed by atoms with Gasteiger partial charge in [-0.2, -0.15) is 4.68 Å². The Morgan fingerprint density at radius 2 is 2.22 bits per heavy atom. The molecule has 0 spiro atoms. The van der Waals surface area contributed by atoms with Crippen LogP contribution in [0.5, 0.6) is 0 Å². The van der Waals surface area contributed by atoms with E-state index in [9.17, 15) is 4.79 Å². The third kappa shape index (κ3) is 2.89. The largest absolute Gasteiger partial charge is 0.481 e. The molecule has 0 aliphatic heterocycles. The summed E-state index contributed by atoms with van der Waals surface area (Å²) in [7, 11) is 0. The first-order valence-electron chi connectivity index (χ1n) is 5.53. The van der Waals surface area contributed by atoms with E-state index < -0.39 is 5.97 Å². The molecule has 0 aliphatic carbocycles. The van der Waals surface area contributed by atoms with Gasteiger partial charge in [0, 0.05) is 12.3 Å². The first-order valence-corrected chi connectivity index (χ1v) is 6.34. The zero-order valence-electron chi connectivity index (χ0n) is 10.1. The maximum Gasteiger partial charge on any atom is 0.303 e. The number of hydrogen-bond donors (Lipinski definition) is 1. The fourth-order valence-electron chi connectivity index (χ4n) is 1.29. The third-order valence-electron chi connectivity index (χ3n) is 2.26. The van der Waals surface area contributed by atoms with Gasteiger partial charge in [0.25, 0.3) is 0 Å². The molecule has 0 aromatic carbocycles. The number of hydrogen-bond acceptors (Lipinski definition) is 6. The molecule has 0 amide bonds. The highest BCUT2D eigenvalue weighted by Gasteiger charge is 2.11. The van der Waals surface area contributed by atoms with E-state index in [-0.39, 0.29) is 6.42 Å². The van der Waals surface area contributed by atoms with Crippen LogP contribution in [-0.2, 0) is 11.2 Å². The molecule has 2 aromatic heterocycles. The van der Waals surface area contributed by atoms with Crippen LogP contribution in [0.3, 0.4) is 0 Å². The summed E-state index contributed by atoms with van der Waals surface area (Å²) in [5, 5.41) is 26.1. The van der Waals surface area contributed by atoms with Crippen molar-refractivity contribution in [1.82, 2.24) is 25.2 Å². The van der Waals surface area contributed by atoms with Crippen LogP contribution in [0, 0.1) is 0 Å². The molecule has 8 heteroatoms. The van der Waals surface area contributed by atoms with Gasteiger partial charge in [0.1, 0.15) is 5.01 Å². The predicted molar refractivity (Wildman–Crippen MR) is 64.9 cm³/mol. The number of aliphatic carboxylic acids is 1. The molecular formula is C10H13N5O2S. The van der Waals surface area contributed by atoms with E-state index in [4.69, 9.17) is 5.11 Å². The Bertz CT molecular complexity index is 548. The van der Waals surface area contributed by atoms with Gasteiger partial charge >= 0.3 is 5.97 Å². The maximum atomic E-state index is 10.5. The predicted octanol–water partition coefficient (Wildman–Crippen LogP) is 1.26. The molecule has 0 radical (unpaired) electrons. The van der Waals surface area contributed by atoms with Crippen molar-refractivity contribution in [3.05, 3.63) is 16.9 Å². The van der Waals surface area contributed by atoms with Crippen LogP contribution in [0.25, 0.3) is 5.13 Å². The van der Waals surface area contributed by atoms with Gasteiger partial charge in [-0.1, -0.05) is 30.4 Å². The first-order chi connectivity index (χ1) is 8.56. The van der Waals surface area contributed by atoms with E-state index >= 15 is 0 Å². The van der Waals surface area contributed by atoms with Crippen molar-refractivity contribution < 1.29 is 9.90 Å². The van der Waals surface area contributed by atoms with Crippen LogP contribution in [-0.4, -0.2) is 36.3 Å². The lowest BCUT2D eigenvalue weighted by atomic mass is 10.2. The Morgan fingerprint density at radius 1 is 1.44 bits per heavy atom. The van der Waals surface area contributed by atoms with E-state index in [0.29, 0.717) is 23.2 Å². The number of aryl methyl sites for hydroxylation is 1. The van der Waals surface area contributed by atoms with E-state index in [0.717, 1.165) is 5.01 Å². The number of carboxylic acid groups (broad SMARTS) is 1. The molecule has 0 unspecified atom stereocenters. The minimum absolute atomic E-state index is 0.0477. The summed E-state index contributed by atoms with van der Waals surface area (Å²) >= 11 is 1.45. The third-order valence-corrected chi connectivity index (χ3v) is 3.47. The highest BCUT2D eigenvalue weighted by molar-refractivity contribution is 7.13. The summed E-state index contributed by atoms with van der Waals surface area (Å²) in [6.07, 6.45) is 2.10. The molecular weight excluding hydrogens is 254 g/mol. The quantitative estimate of drug-likeness (QED) is 0.876. The van der Waals surface area contributed by atoms with Crippen molar-refractivity contribution in [2.75, 3.05) is 0 Å². The number of rotatable bonds is 5. The van der Waals surface area contributed by atoms with Crippen molar-refractivity contribution in [3.8, 4) is 5.13 Å². The average molecular weight is 267 g/mol. The lowest BCUT2D eigenvalue weighted by Gasteiger charge is -1.93. The molecule has 0 saturated heterocycles. The Hall–Kier alpha value is -1.83. The van der Waals surface area contributed by atoms with Gasteiger partial charge in [-0.05, 0) is 0 Å². The molecule has 18 heavy (non-hydrogen) atoms. The lowest BCUT2D eigenvalue weighted by molar-refractivity contribution is -0.136. The Labute approximate surface area is 107 Å². The summed E-state index contributed by atoms with van der Waals surface area (Å²) in [6, 6.07) is 0. The standard InChI is InChI=1S/C10H13N5O2S/c1-6(2)9-12-13-10(18-9)15-5-7(11-14-15)3-4-8(16)17/h5-6H,3-4H2,1-2H3,(H,16,17). The molecule has 0 saturated carbocycles. The maximum absolute atomic E-state index is 10.5. The molecule has 1 N–H and O–H groups in total. The van der Waals surface area contributed by atoms with E-state index in [1.54, 1.807) is 6.20 Å². The SMILES string of the molecule is CC(C)c1nnc(-n2cc(CCC(=O)O)nn2)s1. The van der Waals surface area contributed by atoms with Crippen LogP contribution in [0.15, 0.2) is 6.20 Å². The number of nitrogens with zero attached hydrogens (tertiary/aromatic N) is 5. The van der Waals surface area contributed by atoms with Gasteiger partial charge in [-0.3, -0.25) is 4.79 Å². The average Bonchev–Trinajstić information content (AvgIpc) is 2.95. The molecule has 7 nitrogen and oxygen atoms in total. The summed E-state index contributed by atoms with van der Waals surface area (Å²) < 4.78 is 1.53. The summed E-state index contributed by atoms with van der Waals surface area (Å²) in [4.78, 5) is 10.5. The molecule has 2 rings (SSSR count). The molecule has 0 bridgehead atoms. The van der Waals surface area contributed by atoms with Crippen LogP contribution >= 0.6 is 11.3 Å². The minimum atomic E-state index is -0.845. The lowest BCUT2D eigenvalue weighted by Crippen LogP contribution is -1.97. The Morgan fingerprint density at radius 3 is 2.83 bits per heavy atom. The monoisotopic (exact) mass is 267 g/mol. The van der Waals surface area contributed by atoms with E-state index in [1.165, 1.54) is 16.0 Å². The minimum Gasteiger partial charge on any atom is -0.481 e. The topological polar surface area (TPSA) is 93.8 Å². The fourth-order valence-corrected chi connectivity index (χ4v) is 2.06. The second-order valence-electron chi connectivity index (χ2n) is 4.13. The van der Waals surface area contributed by atoms with Crippen LogP contribution in [0.2, 0.25) is 0 Å². The highest BCUT2D eigenvalue weighted by atomic mass is 32.1. The van der Waals surface area contributed by atoms with Crippen molar-refractivity contribution in [2.24, 2.45) is 0 Å². The number of aromatic nitrogens is 5. The van der Waals surface area contributed by atoms with Gasteiger partial charge in [0.05, 0.1) is 18.3 Å². The summed E-state index contributed by atoms with van der Waals surface area (Å²) in [5.41, 5.74) is 0.638. The summed E-state index contributed by atoms with van der Waals surface area (Å²) in [5.74, 6) is -0.520. The van der Waals surface area contributed by atoms with Crippen molar-refractivity contribution in [1.29, 1.82) is 0 Å². The Kier molecular flexibility index (Phi) is 3.66. The van der Waals surface area contributed by atoms with E-state index in [1.807, 2.05) is 13.8 Å². The van der Waals surface area contributed by atoms with Gasteiger partial charge in [-0.15, -0.1) is 15.3 Å². The van der Waals surface area contributed by atoms with Crippen LogP contribution in [0.4, 0.5) is 0 Å². The normalized spacial score (nSPS) is 11.1. The molecule has 2 aromatic rings. The van der Waals surface area contributed by atoms with Crippen LogP contribution < -0.4 is 0 Å². The smallest absolute Gasteiger partial charge is 0.303 e. The second-order valence-corrected chi connectivity index (χ2v) is 5.11. The van der Waals surface area contributed by atoms with Crippen molar-refractivity contribution >= 4 is 17.3 Å². The molecule has 0 atom stereocenters. The second kappa shape index (κ2) is 5.21. The number of carboxylic acids is 1. The van der Waals surface area contributed by atoms with Gasteiger partial charge in [0.15, 0.2) is 0 Å². The Balaban J connectivity index is 2.11. The number of carbonyl (C=O) groups is 1. The van der Waals surface area contributed by atoms with Crippen LogP contribution in [0.1, 0.15) is 36.9 Å². The van der Waals surface area contributed by atoms with E-state index in [2.05, 4.69) is 20.5 Å². The van der Waals surface area contributed by atoms with Gasteiger partial charge in [-0.25, -0.2) is 0 Å². The van der Waals surface area contributed by atoms with Gasteiger partial charge < -0.3 is 5.11 Å². The summed E-state index contributed by atoms with van der Waals surface area (Å²) in [6.45, 7) is 4.09. The molecule has 96 valence electrons. The fraction of sp³-hybridized carbons (Fsp3) is 0.500. The van der Waals surface area contributed by atoms with Crippen molar-refractivity contribution in [3.63, 3.8) is 0 Å². The molecule has 0 aliphatic rings.